The molecule has 4 heteroatoms. The van der Waals surface area contributed by atoms with E-state index in [2.05, 4.69) is 4.98 Å². The van der Waals surface area contributed by atoms with Crippen molar-refractivity contribution in [2.24, 2.45) is 0 Å². The number of carbonyl (C=O) groups is 1. The SMILES string of the molecule is Cc1nc(C=O)sc1-c1ccc(F)cc1. The van der Waals surface area contributed by atoms with Crippen LogP contribution in [-0.2, 0) is 0 Å². The van der Waals surface area contributed by atoms with Gasteiger partial charge in [-0.15, -0.1) is 11.3 Å². The Bertz CT molecular complexity index is 490. The monoisotopic (exact) mass is 221 g/mol. The lowest BCUT2D eigenvalue weighted by atomic mass is 10.1. The molecule has 0 aliphatic rings. The van der Waals surface area contributed by atoms with E-state index in [4.69, 9.17) is 0 Å². The lowest BCUT2D eigenvalue weighted by Gasteiger charge is -1.97. The Balaban J connectivity index is 2.48. The minimum Gasteiger partial charge on any atom is -0.295 e. The van der Waals surface area contributed by atoms with Crippen LogP contribution in [0.15, 0.2) is 24.3 Å². The van der Waals surface area contributed by atoms with Crippen LogP contribution in [0.1, 0.15) is 15.5 Å². The smallest absolute Gasteiger partial charge is 0.178 e. The van der Waals surface area contributed by atoms with Gasteiger partial charge in [0.25, 0.3) is 0 Å². The number of aldehydes is 1. The first kappa shape index (κ1) is 9.98. The lowest BCUT2D eigenvalue weighted by Crippen LogP contribution is -1.79. The van der Waals surface area contributed by atoms with Crippen LogP contribution in [0.5, 0.6) is 0 Å². The maximum atomic E-state index is 12.7. The summed E-state index contributed by atoms with van der Waals surface area (Å²) < 4.78 is 12.7. The molecule has 2 aromatic rings. The van der Waals surface area contributed by atoms with E-state index in [9.17, 15) is 9.18 Å². The molecule has 0 amide bonds. The van der Waals surface area contributed by atoms with E-state index in [1.165, 1.54) is 23.5 Å². The molecule has 0 spiro atoms. The van der Waals surface area contributed by atoms with E-state index in [0.717, 1.165) is 22.4 Å². The van der Waals surface area contributed by atoms with E-state index >= 15 is 0 Å². The van der Waals surface area contributed by atoms with Gasteiger partial charge in [-0.1, -0.05) is 12.1 Å². The van der Waals surface area contributed by atoms with Gasteiger partial charge in [-0.05, 0) is 24.6 Å². The van der Waals surface area contributed by atoms with Crippen molar-refractivity contribution in [1.29, 1.82) is 0 Å². The summed E-state index contributed by atoms with van der Waals surface area (Å²) in [6.07, 6.45) is 0.727. The van der Waals surface area contributed by atoms with Crippen molar-refractivity contribution in [1.82, 2.24) is 4.98 Å². The molecule has 1 aromatic heterocycles. The highest BCUT2D eigenvalue weighted by Gasteiger charge is 2.08. The Labute approximate surface area is 90.4 Å². The van der Waals surface area contributed by atoms with Crippen LogP contribution in [0.3, 0.4) is 0 Å². The van der Waals surface area contributed by atoms with Crippen LogP contribution < -0.4 is 0 Å². The largest absolute Gasteiger partial charge is 0.295 e. The number of hydrogen-bond acceptors (Lipinski definition) is 3. The van der Waals surface area contributed by atoms with Gasteiger partial charge in [-0.3, -0.25) is 4.79 Å². The number of benzene rings is 1. The van der Waals surface area contributed by atoms with Gasteiger partial charge in [-0.2, -0.15) is 0 Å². The normalized spacial score (nSPS) is 10.3. The van der Waals surface area contributed by atoms with E-state index < -0.39 is 0 Å². The summed E-state index contributed by atoms with van der Waals surface area (Å²) >= 11 is 1.32. The Kier molecular flexibility index (Phi) is 2.60. The minimum absolute atomic E-state index is 0.267. The highest BCUT2D eigenvalue weighted by molar-refractivity contribution is 7.16. The van der Waals surface area contributed by atoms with E-state index in [-0.39, 0.29) is 5.82 Å². The van der Waals surface area contributed by atoms with Crippen molar-refractivity contribution in [3.8, 4) is 10.4 Å². The zero-order valence-corrected chi connectivity index (χ0v) is 8.84. The van der Waals surface area contributed by atoms with Crippen LogP contribution >= 0.6 is 11.3 Å². The first-order valence-corrected chi connectivity index (χ1v) is 5.21. The number of aromatic nitrogens is 1. The van der Waals surface area contributed by atoms with Crippen molar-refractivity contribution in [2.75, 3.05) is 0 Å². The molecule has 1 heterocycles. The number of hydrogen-bond donors (Lipinski definition) is 0. The maximum absolute atomic E-state index is 12.7. The van der Waals surface area contributed by atoms with Crippen molar-refractivity contribution in [2.45, 2.75) is 6.92 Å². The molecule has 2 nitrogen and oxygen atoms in total. The number of carbonyl (C=O) groups excluding carboxylic acids is 1. The van der Waals surface area contributed by atoms with Crippen molar-refractivity contribution in [3.05, 3.63) is 40.8 Å². The molecule has 0 saturated carbocycles. The van der Waals surface area contributed by atoms with Crippen LogP contribution in [0, 0.1) is 12.7 Å². The summed E-state index contributed by atoms with van der Waals surface area (Å²) in [5.41, 5.74) is 1.69. The molecule has 0 unspecified atom stereocenters. The number of rotatable bonds is 2. The van der Waals surface area contributed by atoms with Crippen LogP contribution in [0.4, 0.5) is 4.39 Å². The average Bonchev–Trinajstić information content (AvgIpc) is 2.61. The van der Waals surface area contributed by atoms with Crippen LogP contribution in [-0.4, -0.2) is 11.3 Å². The molecule has 1 aromatic carbocycles. The zero-order chi connectivity index (χ0) is 10.8. The van der Waals surface area contributed by atoms with Gasteiger partial charge in [0, 0.05) is 0 Å². The molecule has 0 atom stereocenters. The Hall–Kier alpha value is -1.55. The number of halogens is 1. The molecule has 0 radical (unpaired) electrons. The Morgan fingerprint density at radius 1 is 1.33 bits per heavy atom. The highest BCUT2D eigenvalue weighted by Crippen LogP contribution is 2.29. The predicted octanol–water partition coefficient (Wildman–Crippen LogP) is 3.07. The third kappa shape index (κ3) is 1.94. The van der Waals surface area contributed by atoms with E-state index in [1.807, 2.05) is 6.92 Å². The molecule has 0 aliphatic carbocycles. The lowest BCUT2D eigenvalue weighted by molar-refractivity contribution is 0.112. The van der Waals surface area contributed by atoms with Gasteiger partial charge in [-0.25, -0.2) is 9.37 Å². The molecular formula is C11H8FNOS. The Morgan fingerprint density at radius 2 is 2.00 bits per heavy atom. The molecular weight excluding hydrogens is 213 g/mol. The quantitative estimate of drug-likeness (QED) is 0.729. The third-order valence-electron chi connectivity index (χ3n) is 2.02. The van der Waals surface area contributed by atoms with E-state index in [1.54, 1.807) is 12.1 Å². The second kappa shape index (κ2) is 3.90. The van der Waals surface area contributed by atoms with Crippen molar-refractivity contribution in [3.63, 3.8) is 0 Å². The first-order valence-electron chi connectivity index (χ1n) is 4.39. The fourth-order valence-corrected chi connectivity index (χ4v) is 2.22. The van der Waals surface area contributed by atoms with Crippen molar-refractivity contribution < 1.29 is 9.18 Å². The van der Waals surface area contributed by atoms with Gasteiger partial charge in [0.2, 0.25) is 0 Å². The summed E-state index contributed by atoms with van der Waals surface area (Å²) in [7, 11) is 0. The van der Waals surface area contributed by atoms with Gasteiger partial charge in [0.15, 0.2) is 11.3 Å². The van der Waals surface area contributed by atoms with Gasteiger partial charge < -0.3 is 0 Å². The molecule has 0 fully saturated rings. The Morgan fingerprint density at radius 3 is 2.53 bits per heavy atom. The number of thiazole rings is 1. The zero-order valence-electron chi connectivity index (χ0n) is 8.03. The second-order valence-electron chi connectivity index (χ2n) is 3.09. The first-order chi connectivity index (χ1) is 7.20. The van der Waals surface area contributed by atoms with E-state index in [0.29, 0.717) is 5.01 Å². The number of aryl methyl sites for hydroxylation is 1. The molecule has 15 heavy (non-hydrogen) atoms. The molecule has 76 valence electrons. The topological polar surface area (TPSA) is 30.0 Å². The standard InChI is InChI=1S/C11H8FNOS/c1-7-11(15-10(6-14)13-7)8-2-4-9(12)5-3-8/h2-6H,1H3. The third-order valence-corrected chi connectivity index (χ3v) is 3.15. The fraction of sp³-hybridized carbons (Fsp3) is 0.0909. The summed E-state index contributed by atoms with van der Waals surface area (Å²) in [6, 6.07) is 6.17. The summed E-state index contributed by atoms with van der Waals surface area (Å²) in [5.74, 6) is -0.267. The summed E-state index contributed by atoms with van der Waals surface area (Å²) in [4.78, 5) is 15.5. The second-order valence-corrected chi connectivity index (χ2v) is 4.12. The molecule has 0 bridgehead atoms. The van der Waals surface area contributed by atoms with Crippen LogP contribution in [0.25, 0.3) is 10.4 Å². The fourth-order valence-electron chi connectivity index (χ4n) is 1.34. The molecule has 0 N–H and O–H groups in total. The van der Waals surface area contributed by atoms with Gasteiger partial charge in [0.05, 0.1) is 10.6 Å². The highest BCUT2D eigenvalue weighted by atomic mass is 32.1. The van der Waals surface area contributed by atoms with Crippen LogP contribution in [0.2, 0.25) is 0 Å². The van der Waals surface area contributed by atoms with Gasteiger partial charge in [0.1, 0.15) is 5.82 Å². The predicted molar refractivity (Wildman–Crippen MR) is 57.6 cm³/mol. The minimum atomic E-state index is -0.267. The number of nitrogens with zero attached hydrogens (tertiary/aromatic N) is 1. The van der Waals surface area contributed by atoms with Gasteiger partial charge >= 0.3 is 0 Å². The van der Waals surface area contributed by atoms with Crippen molar-refractivity contribution >= 4 is 17.6 Å². The summed E-state index contributed by atoms with van der Waals surface area (Å²) in [5, 5.41) is 0.451. The molecule has 0 aliphatic heterocycles. The molecule has 0 saturated heterocycles. The summed E-state index contributed by atoms with van der Waals surface area (Å²) in [6.45, 7) is 1.84. The molecule has 2 rings (SSSR count). The average molecular weight is 221 g/mol. The maximum Gasteiger partial charge on any atom is 0.178 e.